The summed E-state index contributed by atoms with van der Waals surface area (Å²) in [5, 5.41) is 13.0. The lowest BCUT2D eigenvalue weighted by atomic mass is 10.1. The topological polar surface area (TPSA) is 132 Å². The van der Waals surface area contributed by atoms with E-state index in [9.17, 15) is 19.7 Å². The first-order valence-electron chi connectivity index (χ1n) is 10.6. The highest BCUT2D eigenvalue weighted by atomic mass is 79.9. The van der Waals surface area contributed by atoms with E-state index in [1.165, 1.54) is 24.3 Å². The smallest absolute Gasteiger partial charge is 0.276 e. The summed E-state index contributed by atoms with van der Waals surface area (Å²) < 4.78 is 11.8. The fraction of sp³-hybridized carbons (Fsp3) is 0.125. The summed E-state index contributed by atoms with van der Waals surface area (Å²) >= 11 is 8.42. The lowest BCUT2D eigenvalue weighted by Crippen LogP contribution is -2.49. The van der Waals surface area contributed by atoms with Crippen LogP contribution in [-0.4, -0.2) is 35.1 Å². The number of non-ortho nitro benzene ring substituents is 1. The maximum absolute atomic E-state index is 12.8. The molecule has 0 heterocycles. The normalized spacial score (nSPS) is 10.1. The Morgan fingerprint density at radius 2 is 1.69 bits per heavy atom. The van der Waals surface area contributed by atoms with Crippen LogP contribution in [0.25, 0.3) is 0 Å². The standard InChI is InChI=1S/C24H21BrN4O6S/c25-17-6-11-21(34-13-12-16-4-2-1-3-5-16)20(14-17)23(31)26-24(36)28-27-22(30)15-35-19-9-7-18(8-10-19)29(32)33/h1-11,14H,12-13,15H2,(H,27,30)(H2,26,28,31,36). The fourth-order valence-electron chi connectivity index (χ4n) is 2.91. The number of amides is 2. The molecule has 0 bridgehead atoms. The molecule has 0 aliphatic carbocycles. The van der Waals surface area contributed by atoms with Crippen LogP contribution in [0.3, 0.4) is 0 Å². The number of hydrazine groups is 1. The summed E-state index contributed by atoms with van der Waals surface area (Å²) in [4.78, 5) is 34.9. The summed E-state index contributed by atoms with van der Waals surface area (Å²) in [5.41, 5.74) is 6.00. The first-order chi connectivity index (χ1) is 17.3. The number of nitrogens with one attached hydrogen (secondary N) is 3. The maximum Gasteiger partial charge on any atom is 0.276 e. The minimum Gasteiger partial charge on any atom is -0.492 e. The van der Waals surface area contributed by atoms with E-state index in [0.717, 1.165) is 5.56 Å². The second-order valence-electron chi connectivity index (χ2n) is 7.22. The monoisotopic (exact) mass is 572 g/mol. The van der Waals surface area contributed by atoms with E-state index in [4.69, 9.17) is 21.7 Å². The molecule has 0 spiro atoms. The Morgan fingerprint density at radius 3 is 2.39 bits per heavy atom. The summed E-state index contributed by atoms with van der Waals surface area (Å²) in [6.45, 7) is -0.00809. The molecule has 12 heteroatoms. The van der Waals surface area contributed by atoms with E-state index in [1.807, 2.05) is 30.3 Å². The van der Waals surface area contributed by atoms with Crippen LogP contribution >= 0.6 is 28.1 Å². The van der Waals surface area contributed by atoms with Crippen LogP contribution in [0.1, 0.15) is 15.9 Å². The summed E-state index contributed by atoms with van der Waals surface area (Å²) in [5.74, 6) is -0.451. The van der Waals surface area contributed by atoms with Crippen molar-refractivity contribution >= 4 is 50.8 Å². The van der Waals surface area contributed by atoms with Crippen molar-refractivity contribution < 1.29 is 24.0 Å². The summed E-state index contributed by atoms with van der Waals surface area (Å²) in [7, 11) is 0. The number of hydrogen-bond donors (Lipinski definition) is 3. The predicted octanol–water partition coefficient (Wildman–Crippen LogP) is 3.69. The number of nitro benzene ring substituents is 1. The quantitative estimate of drug-likeness (QED) is 0.201. The summed E-state index contributed by atoms with van der Waals surface area (Å²) in [6, 6.07) is 20.1. The molecule has 0 atom stereocenters. The zero-order valence-electron chi connectivity index (χ0n) is 18.7. The Bertz CT molecular complexity index is 1240. The van der Waals surface area contributed by atoms with Crippen molar-refractivity contribution in [3.05, 3.63) is 98.5 Å². The zero-order valence-corrected chi connectivity index (χ0v) is 21.1. The van der Waals surface area contributed by atoms with Crippen molar-refractivity contribution in [3.63, 3.8) is 0 Å². The van der Waals surface area contributed by atoms with Gasteiger partial charge in [-0.15, -0.1) is 0 Å². The second kappa shape index (κ2) is 13.2. The van der Waals surface area contributed by atoms with Gasteiger partial charge >= 0.3 is 0 Å². The molecular formula is C24H21BrN4O6S. The largest absolute Gasteiger partial charge is 0.492 e. The van der Waals surface area contributed by atoms with E-state index >= 15 is 0 Å². The molecule has 0 aliphatic rings. The number of carbonyl (C=O) groups is 2. The molecule has 0 unspecified atom stereocenters. The van der Waals surface area contributed by atoms with Crippen LogP contribution in [0, 0.1) is 10.1 Å². The molecule has 36 heavy (non-hydrogen) atoms. The first kappa shape index (κ1) is 26.6. The molecule has 0 saturated heterocycles. The number of thiocarbonyl (C=S) groups is 1. The van der Waals surface area contributed by atoms with E-state index in [1.54, 1.807) is 18.2 Å². The molecule has 3 rings (SSSR count). The average molecular weight is 573 g/mol. The highest BCUT2D eigenvalue weighted by Gasteiger charge is 2.15. The molecule has 3 aromatic rings. The third-order valence-electron chi connectivity index (χ3n) is 4.64. The SMILES string of the molecule is O=C(COc1ccc([N+](=O)[O-])cc1)NNC(=S)NC(=O)c1cc(Br)ccc1OCCc1ccccc1. The number of hydrogen-bond acceptors (Lipinski definition) is 7. The first-order valence-corrected chi connectivity index (χ1v) is 11.8. The van der Waals surface area contributed by atoms with Gasteiger partial charge in [-0.1, -0.05) is 46.3 Å². The van der Waals surface area contributed by atoms with Crippen LogP contribution in [0.4, 0.5) is 5.69 Å². The molecule has 3 aromatic carbocycles. The molecule has 0 aliphatic heterocycles. The van der Waals surface area contributed by atoms with Crippen molar-refractivity contribution in [3.8, 4) is 11.5 Å². The van der Waals surface area contributed by atoms with Crippen LogP contribution in [0.2, 0.25) is 0 Å². The molecule has 3 N–H and O–H groups in total. The maximum atomic E-state index is 12.8. The number of carbonyl (C=O) groups excluding carboxylic acids is 2. The molecular weight excluding hydrogens is 552 g/mol. The van der Waals surface area contributed by atoms with Gasteiger partial charge in [0, 0.05) is 23.0 Å². The summed E-state index contributed by atoms with van der Waals surface area (Å²) in [6.07, 6.45) is 0.673. The number of ether oxygens (including phenoxy) is 2. The van der Waals surface area contributed by atoms with Crippen LogP contribution < -0.4 is 25.6 Å². The molecule has 2 amide bonds. The molecule has 0 fully saturated rings. The number of rotatable bonds is 9. The Labute approximate surface area is 220 Å². The lowest BCUT2D eigenvalue weighted by Gasteiger charge is -2.14. The van der Waals surface area contributed by atoms with Gasteiger partial charge in [0.15, 0.2) is 11.7 Å². The Morgan fingerprint density at radius 1 is 0.972 bits per heavy atom. The third-order valence-corrected chi connectivity index (χ3v) is 5.33. The van der Waals surface area contributed by atoms with Crippen LogP contribution in [-0.2, 0) is 11.2 Å². The van der Waals surface area contributed by atoms with Crippen molar-refractivity contribution in [2.24, 2.45) is 0 Å². The third kappa shape index (κ3) is 8.32. The molecule has 0 aromatic heterocycles. The number of nitrogens with zero attached hydrogens (tertiary/aromatic N) is 1. The van der Waals surface area contributed by atoms with Crippen LogP contribution in [0.15, 0.2) is 77.3 Å². The molecule has 0 saturated carbocycles. The van der Waals surface area contributed by atoms with Gasteiger partial charge in [0.05, 0.1) is 17.1 Å². The van der Waals surface area contributed by atoms with Crippen molar-refractivity contribution in [2.45, 2.75) is 6.42 Å². The average Bonchev–Trinajstić information content (AvgIpc) is 2.88. The lowest BCUT2D eigenvalue weighted by molar-refractivity contribution is -0.384. The Kier molecular flexibility index (Phi) is 9.72. The fourth-order valence-corrected chi connectivity index (χ4v) is 3.41. The van der Waals surface area contributed by atoms with E-state index < -0.39 is 16.7 Å². The number of nitro groups is 1. The van der Waals surface area contributed by atoms with Gasteiger partial charge < -0.3 is 9.47 Å². The Hall–Kier alpha value is -4.03. The Balaban J connectivity index is 1.46. The van der Waals surface area contributed by atoms with Gasteiger partial charge in [0.2, 0.25) is 0 Å². The number of benzene rings is 3. The van der Waals surface area contributed by atoms with Gasteiger partial charge in [-0.05, 0) is 48.1 Å². The molecule has 186 valence electrons. The van der Waals surface area contributed by atoms with Gasteiger partial charge in [-0.2, -0.15) is 0 Å². The van der Waals surface area contributed by atoms with E-state index in [0.29, 0.717) is 23.2 Å². The van der Waals surface area contributed by atoms with Gasteiger partial charge in [-0.3, -0.25) is 35.9 Å². The van der Waals surface area contributed by atoms with Gasteiger partial charge in [-0.25, -0.2) is 0 Å². The van der Waals surface area contributed by atoms with Crippen molar-refractivity contribution in [1.82, 2.24) is 16.2 Å². The van der Waals surface area contributed by atoms with Gasteiger partial charge in [0.25, 0.3) is 17.5 Å². The van der Waals surface area contributed by atoms with E-state index in [2.05, 4.69) is 32.1 Å². The predicted molar refractivity (Wildman–Crippen MR) is 140 cm³/mol. The minimum absolute atomic E-state index is 0.0928. The second-order valence-corrected chi connectivity index (χ2v) is 8.54. The van der Waals surface area contributed by atoms with E-state index in [-0.39, 0.29) is 28.7 Å². The van der Waals surface area contributed by atoms with Gasteiger partial charge in [0.1, 0.15) is 11.5 Å². The van der Waals surface area contributed by atoms with Crippen molar-refractivity contribution in [1.29, 1.82) is 0 Å². The highest BCUT2D eigenvalue weighted by Crippen LogP contribution is 2.23. The molecule has 0 radical (unpaired) electrons. The zero-order chi connectivity index (χ0) is 25.9. The van der Waals surface area contributed by atoms with Crippen molar-refractivity contribution in [2.75, 3.05) is 13.2 Å². The van der Waals surface area contributed by atoms with Crippen LogP contribution in [0.5, 0.6) is 11.5 Å². The molecule has 10 nitrogen and oxygen atoms in total. The highest BCUT2D eigenvalue weighted by molar-refractivity contribution is 9.10. The number of halogens is 1. The minimum atomic E-state index is -0.586.